The molecule has 2 aromatic heterocycles. The van der Waals surface area contributed by atoms with Crippen molar-refractivity contribution in [1.82, 2.24) is 19.5 Å². The minimum Gasteiger partial charge on any atom is -0.390 e. The molecule has 0 spiro atoms. The summed E-state index contributed by atoms with van der Waals surface area (Å²) >= 11 is 0. The van der Waals surface area contributed by atoms with Crippen molar-refractivity contribution < 1.29 is 14.9 Å². The zero-order chi connectivity index (χ0) is 13.6. The Morgan fingerprint density at radius 2 is 2.42 bits per heavy atom. The molecule has 1 aliphatic heterocycles. The fraction of sp³-hybridized carbons (Fsp3) is 0.500. The minimum absolute atomic E-state index is 0.0295. The van der Waals surface area contributed by atoms with E-state index in [-0.39, 0.29) is 23.5 Å². The minimum atomic E-state index is -0.834. The van der Waals surface area contributed by atoms with Crippen molar-refractivity contribution in [2.24, 2.45) is 0 Å². The molecule has 9 heteroatoms. The number of nitrogens with one attached hydrogen (secondary N) is 1. The van der Waals surface area contributed by atoms with Crippen LogP contribution >= 0.6 is 0 Å². The topological polar surface area (TPSA) is 139 Å². The number of nitrogens with two attached hydrogens (primary N) is 1. The standard InChI is InChI=1S/C10H12N5O4/c11-10-13-8-7(9(18)14-10)12-3-15(8)6-1-4(17)5(2-16)19-6/h3-6,17H,1-2H2,(H3,11,13,14,18)/t4-,5+,6+/m0/s1. The van der Waals surface area contributed by atoms with Gasteiger partial charge in [0.25, 0.3) is 5.56 Å². The Labute approximate surface area is 106 Å². The van der Waals surface area contributed by atoms with E-state index in [2.05, 4.69) is 15.0 Å². The third-order valence-corrected chi connectivity index (χ3v) is 3.13. The highest BCUT2D eigenvalue weighted by Crippen LogP contribution is 2.30. The van der Waals surface area contributed by atoms with Crippen LogP contribution in [0.15, 0.2) is 11.1 Å². The molecule has 1 saturated heterocycles. The Bertz CT molecular complexity index is 665. The number of rotatable bonds is 2. The van der Waals surface area contributed by atoms with E-state index in [0.29, 0.717) is 0 Å². The Morgan fingerprint density at radius 1 is 1.63 bits per heavy atom. The molecule has 19 heavy (non-hydrogen) atoms. The largest absolute Gasteiger partial charge is 0.390 e. The second-order valence-electron chi connectivity index (χ2n) is 4.37. The number of nitrogen functional groups attached to an aromatic ring is 1. The lowest BCUT2D eigenvalue weighted by molar-refractivity contribution is -0.0575. The van der Waals surface area contributed by atoms with Gasteiger partial charge in [-0.3, -0.25) is 14.3 Å². The fourth-order valence-corrected chi connectivity index (χ4v) is 2.19. The van der Waals surface area contributed by atoms with Gasteiger partial charge >= 0.3 is 0 Å². The van der Waals surface area contributed by atoms with Crippen molar-refractivity contribution in [3.63, 3.8) is 0 Å². The molecule has 3 atom stereocenters. The molecule has 0 amide bonds. The van der Waals surface area contributed by atoms with E-state index in [9.17, 15) is 15.0 Å². The zero-order valence-corrected chi connectivity index (χ0v) is 9.81. The lowest BCUT2D eigenvalue weighted by Crippen LogP contribution is -2.23. The van der Waals surface area contributed by atoms with Crippen LogP contribution in [0.25, 0.3) is 11.2 Å². The van der Waals surface area contributed by atoms with Crippen LogP contribution in [0.5, 0.6) is 0 Å². The van der Waals surface area contributed by atoms with Crippen LogP contribution in [0.3, 0.4) is 0 Å². The third kappa shape index (κ3) is 1.87. The van der Waals surface area contributed by atoms with Crippen LogP contribution in [0.2, 0.25) is 0 Å². The van der Waals surface area contributed by atoms with Crippen molar-refractivity contribution in [2.45, 2.75) is 24.9 Å². The first-order valence-corrected chi connectivity index (χ1v) is 5.74. The highest BCUT2D eigenvalue weighted by molar-refractivity contribution is 5.70. The Hall–Kier alpha value is -1.97. The molecule has 101 valence electrons. The molecule has 0 saturated carbocycles. The maximum Gasteiger partial charge on any atom is 0.280 e. The number of hydrogen-bond acceptors (Lipinski definition) is 6. The number of H-pyrrole nitrogens is 1. The van der Waals surface area contributed by atoms with E-state index in [1.54, 1.807) is 0 Å². The number of ether oxygens (including phenoxy) is 1. The predicted octanol–water partition coefficient (Wildman–Crippen LogP) is -1.22. The van der Waals surface area contributed by atoms with Crippen LogP contribution in [0, 0.1) is 0 Å². The zero-order valence-electron chi connectivity index (χ0n) is 9.81. The average Bonchev–Trinajstić information content (AvgIpc) is 2.92. The van der Waals surface area contributed by atoms with Gasteiger partial charge in [0.2, 0.25) is 5.95 Å². The maximum absolute atomic E-state index is 11.6. The number of aromatic nitrogens is 4. The summed E-state index contributed by atoms with van der Waals surface area (Å²) in [6.07, 6.45) is -0.544. The van der Waals surface area contributed by atoms with Crippen LogP contribution in [0.1, 0.15) is 12.6 Å². The lowest BCUT2D eigenvalue weighted by Gasteiger charge is -2.13. The molecule has 0 unspecified atom stereocenters. The van der Waals surface area contributed by atoms with Crippen molar-refractivity contribution in [2.75, 3.05) is 12.3 Å². The Kier molecular flexibility index (Phi) is 2.73. The summed E-state index contributed by atoms with van der Waals surface area (Å²) in [7, 11) is 0. The average molecular weight is 266 g/mol. The van der Waals surface area contributed by atoms with E-state index >= 15 is 0 Å². The van der Waals surface area contributed by atoms with E-state index in [1.165, 1.54) is 10.9 Å². The van der Waals surface area contributed by atoms with Crippen LogP contribution in [-0.2, 0) is 9.84 Å². The molecular weight excluding hydrogens is 254 g/mol. The summed E-state index contributed by atoms with van der Waals surface area (Å²) in [6, 6.07) is 0. The molecule has 0 aliphatic carbocycles. The second-order valence-corrected chi connectivity index (χ2v) is 4.37. The molecule has 9 nitrogen and oxygen atoms in total. The van der Waals surface area contributed by atoms with E-state index in [1.807, 2.05) is 0 Å². The molecule has 3 rings (SSSR count). The first-order valence-electron chi connectivity index (χ1n) is 5.74. The molecule has 4 N–H and O–H groups in total. The first-order chi connectivity index (χ1) is 9.10. The second kappa shape index (κ2) is 4.30. The monoisotopic (exact) mass is 266 g/mol. The van der Waals surface area contributed by atoms with Crippen LogP contribution in [-0.4, -0.2) is 43.4 Å². The van der Waals surface area contributed by atoms with Gasteiger partial charge in [0, 0.05) is 6.42 Å². The van der Waals surface area contributed by atoms with Crippen molar-refractivity contribution >= 4 is 17.1 Å². The summed E-state index contributed by atoms with van der Waals surface area (Å²) in [4.78, 5) is 21.9. The van der Waals surface area contributed by atoms with E-state index in [0.717, 1.165) is 0 Å². The predicted molar refractivity (Wildman–Crippen MR) is 62.6 cm³/mol. The van der Waals surface area contributed by atoms with Gasteiger partial charge in [-0.15, -0.1) is 0 Å². The first kappa shape index (κ1) is 12.1. The number of nitrogens with zero attached hydrogens (tertiary/aromatic N) is 3. The van der Waals surface area contributed by atoms with Crippen LogP contribution in [0.4, 0.5) is 5.95 Å². The lowest BCUT2D eigenvalue weighted by atomic mass is 10.2. The Balaban J connectivity index is 2.05. The van der Waals surface area contributed by atoms with E-state index < -0.39 is 30.6 Å². The summed E-state index contributed by atoms with van der Waals surface area (Å²) in [5, 5.41) is 20.5. The molecule has 1 radical (unpaired) electrons. The van der Waals surface area contributed by atoms with E-state index in [4.69, 9.17) is 10.5 Å². The number of anilines is 1. The summed E-state index contributed by atoms with van der Waals surface area (Å²) in [5.41, 5.74) is 5.45. The highest BCUT2D eigenvalue weighted by Gasteiger charge is 2.35. The summed E-state index contributed by atoms with van der Waals surface area (Å²) in [5.74, 6) is -0.0295. The van der Waals surface area contributed by atoms with Crippen molar-refractivity contribution in [3.8, 4) is 0 Å². The molecule has 3 heterocycles. The third-order valence-electron chi connectivity index (χ3n) is 3.13. The van der Waals surface area contributed by atoms with Gasteiger partial charge in [0.15, 0.2) is 11.2 Å². The summed E-state index contributed by atoms with van der Waals surface area (Å²) in [6.45, 7) is -0.527. The number of fused-ring (bicyclic) bond motifs is 1. The molecule has 0 aromatic carbocycles. The van der Waals surface area contributed by atoms with Gasteiger partial charge in [-0.25, -0.2) is 10.1 Å². The molecule has 0 bridgehead atoms. The normalized spacial score (nSPS) is 27.2. The molecule has 2 aromatic rings. The van der Waals surface area contributed by atoms with Gasteiger partial charge < -0.3 is 15.6 Å². The van der Waals surface area contributed by atoms with Gasteiger partial charge in [-0.05, 0) is 0 Å². The van der Waals surface area contributed by atoms with Gasteiger partial charge in [-0.2, -0.15) is 4.98 Å². The number of aliphatic hydroxyl groups excluding tert-OH is 1. The SMILES string of the molecule is Nc1nc2c(ncn2[C@H]2C[C@H](O)[C@@H](C[O])O2)c(=O)[nH]1. The van der Waals surface area contributed by atoms with Gasteiger partial charge in [-0.1, -0.05) is 0 Å². The summed E-state index contributed by atoms with van der Waals surface area (Å²) < 4.78 is 6.92. The van der Waals surface area contributed by atoms with Crippen molar-refractivity contribution in [3.05, 3.63) is 16.7 Å². The number of aromatic amines is 1. The number of hydrogen-bond donors (Lipinski definition) is 3. The van der Waals surface area contributed by atoms with Crippen LogP contribution < -0.4 is 11.3 Å². The van der Waals surface area contributed by atoms with Crippen molar-refractivity contribution in [1.29, 1.82) is 0 Å². The Morgan fingerprint density at radius 3 is 3.11 bits per heavy atom. The molecular formula is C10H12N5O4. The molecule has 1 fully saturated rings. The number of imidazole rings is 1. The molecule has 1 aliphatic rings. The smallest absolute Gasteiger partial charge is 0.280 e. The fourth-order valence-electron chi connectivity index (χ4n) is 2.19. The van der Waals surface area contributed by atoms with Gasteiger partial charge in [0.05, 0.1) is 12.4 Å². The highest BCUT2D eigenvalue weighted by atomic mass is 16.5. The number of aliphatic hydroxyl groups is 1. The maximum atomic E-state index is 11.6. The van der Waals surface area contributed by atoms with Gasteiger partial charge in [0.1, 0.15) is 18.9 Å². The quantitative estimate of drug-likeness (QED) is 0.622.